The van der Waals surface area contributed by atoms with E-state index in [2.05, 4.69) is 21.2 Å². The van der Waals surface area contributed by atoms with Crippen LogP contribution in [0.3, 0.4) is 0 Å². The van der Waals surface area contributed by atoms with Crippen LogP contribution in [-0.4, -0.2) is 37.0 Å². The molecule has 0 aliphatic carbocycles. The van der Waals surface area contributed by atoms with Gasteiger partial charge in [-0.25, -0.2) is 0 Å². The maximum Gasteiger partial charge on any atom is 0.255 e. The second-order valence-electron chi connectivity index (χ2n) is 3.67. The zero-order valence-corrected chi connectivity index (χ0v) is 12.2. The van der Waals surface area contributed by atoms with Crippen molar-refractivity contribution >= 4 is 45.8 Å². The van der Waals surface area contributed by atoms with Gasteiger partial charge in [-0.15, -0.1) is 12.4 Å². The first kappa shape index (κ1) is 14.8. The molecule has 0 saturated carbocycles. The van der Waals surface area contributed by atoms with E-state index in [1.54, 1.807) is 12.1 Å². The van der Waals surface area contributed by atoms with Crippen LogP contribution in [0.15, 0.2) is 22.7 Å². The largest absolute Gasteiger partial charge is 0.336 e. The Balaban J connectivity index is 0.00000144. The standard InChI is InChI=1S/C11H12BrClN2O.ClH/c12-8-1-2-9(10(13)7-8)11(16)15-5-3-14-4-6-15;/h1-2,7,14H,3-6H2;1H. The second-order valence-corrected chi connectivity index (χ2v) is 4.99. The summed E-state index contributed by atoms with van der Waals surface area (Å²) < 4.78 is 0.884. The summed E-state index contributed by atoms with van der Waals surface area (Å²) in [6.07, 6.45) is 0. The van der Waals surface area contributed by atoms with Crippen molar-refractivity contribution in [1.82, 2.24) is 10.2 Å². The molecule has 0 atom stereocenters. The first-order valence-electron chi connectivity index (χ1n) is 5.13. The summed E-state index contributed by atoms with van der Waals surface area (Å²) in [6, 6.07) is 5.34. The molecule has 1 saturated heterocycles. The third-order valence-electron chi connectivity index (χ3n) is 2.57. The first-order valence-corrected chi connectivity index (χ1v) is 6.30. The van der Waals surface area contributed by atoms with Gasteiger partial charge in [0, 0.05) is 30.7 Å². The molecule has 1 aliphatic rings. The fraction of sp³-hybridized carbons (Fsp3) is 0.364. The minimum Gasteiger partial charge on any atom is -0.336 e. The van der Waals surface area contributed by atoms with E-state index in [-0.39, 0.29) is 18.3 Å². The lowest BCUT2D eigenvalue weighted by Crippen LogP contribution is -2.46. The first-order chi connectivity index (χ1) is 7.68. The molecule has 0 unspecified atom stereocenters. The lowest BCUT2D eigenvalue weighted by atomic mass is 10.2. The number of nitrogens with zero attached hydrogens (tertiary/aromatic N) is 1. The van der Waals surface area contributed by atoms with Gasteiger partial charge in [0.2, 0.25) is 0 Å². The normalized spacial score (nSPS) is 15.3. The molecule has 2 rings (SSSR count). The molecular formula is C11H13BrCl2N2O. The van der Waals surface area contributed by atoms with Gasteiger partial charge in [0.05, 0.1) is 10.6 Å². The molecule has 1 fully saturated rings. The summed E-state index contributed by atoms with van der Waals surface area (Å²) in [5.74, 6) is 0.0130. The number of carbonyl (C=O) groups excluding carboxylic acids is 1. The smallest absolute Gasteiger partial charge is 0.255 e. The summed E-state index contributed by atoms with van der Waals surface area (Å²) in [7, 11) is 0. The number of benzene rings is 1. The monoisotopic (exact) mass is 338 g/mol. The number of carbonyl (C=O) groups is 1. The van der Waals surface area contributed by atoms with Crippen LogP contribution in [0.4, 0.5) is 0 Å². The lowest BCUT2D eigenvalue weighted by Gasteiger charge is -2.27. The third kappa shape index (κ3) is 3.58. The van der Waals surface area contributed by atoms with Crippen LogP contribution >= 0.6 is 39.9 Å². The zero-order chi connectivity index (χ0) is 11.5. The van der Waals surface area contributed by atoms with Gasteiger partial charge in [0.1, 0.15) is 0 Å². The van der Waals surface area contributed by atoms with Gasteiger partial charge >= 0.3 is 0 Å². The highest BCUT2D eigenvalue weighted by Crippen LogP contribution is 2.22. The van der Waals surface area contributed by atoms with Gasteiger partial charge in [0.15, 0.2) is 0 Å². The van der Waals surface area contributed by atoms with Crippen LogP contribution in [0, 0.1) is 0 Å². The van der Waals surface area contributed by atoms with E-state index in [0.29, 0.717) is 10.6 Å². The highest BCUT2D eigenvalue weighted by atomic mass is 79.9. The molecule has 0 spiro atoms. The molecule has 6 heteroatoms. The second kappa shape index (κ2) is 6.59. The summed E-state index contributed by atoms with van der Waals surface area (Å²) in [5.41, 5.74) is 0.576. The molecule has 1 amide bonds. The Morgan fingerprint density at radius 3 is 2.59 bits per heavy atom. The molecule has 0 bridgehead atoms. The molecule has 3 nitrogen and oxygen atoms in total. The van der Waals surface area contributed by atoms with Crippen molar-refractivity contribution < 1.29 is 4.79 Å². The molecular weight excluding hydrogens is 327 g/mol. The molecule has 1 N–H and O–H groups in total. The lowest BCUT2D eigenvalue weighted by molar-refractivity contribution is 0.0736. The predicted molar refractivity (Wildman–Crippen MR) is 75.2 cm³/mol. The van der Waals surface area contributed by atoms with Crippen LogP contribution in [0.25, 0.3) is 0 Å². The Hall–Kier alpha value is -0.290. The number of piperazine rings is 1. The molecule has 0 radical (unpaired) electrons. The molecule has 1 aromatic carbocycles. The third-order valence-corrected chi connectivity index (χ3v) is 3.37. The van der Waals surface area contributed by atoms with Gasteiger partial charge in [-0.05, 0) is 18.2 Å². The van der Waals surface area contributed by atoms with Gasteiger partial charge < -0.3 is 10.2 Å². The van der Waals surface area contributed by atoms with E-state index in [1.807, 2.05) is 11.0 Å². The van der Waals surface area contributed by atoms with E-state index < -0.39 is 0 Å². The highest BCUT2D eigenvalue weighted by molar-refractivity contribution is 9.10. The number of halogens is 3. The molecule has 1 aromatic rings. The van der Waals surface area contributed by atoms with Crippen LogP contribution in [0.5, 0.6) is 0 Å². The summed E-state index contributed by atoms with van der Waals surface area (Å²) in [6.45, 7) is 3.18. The van der Waals surface area contributed by atoms with Crippen molar-refractivity contribution in [2.24, 2.45) is 0 Å². The number of rotatable bonds is 1. The van der Waals surface area contributed by atoms with E-state index in [4.69, 9.17) is 11.6 Å². The Morgan fingerprint density at radius 2 is 2.00 bits per heavy atom. The average Bonchev–Trinajstić information content (AvgIpc) is 2.29. The maximum atomic E-state index is 12.1. The van der Waals surface area contributed by atoms with E-state index in [1.165, 1.54) is 0 Å². The van der Waals surface area contributed by atoms with Crippen molar-refractivity contribution in [2.45, 2.75) is 0 Å². The van der Waals surface area contributed by atoms with Crippen molar-refractivity contribution in [1.29, 1.82) is 0 Å². The van der Waals surface area contributed by atoms with Crippen molar-refractivity contribution in [2.75, 3.05) is 26.2 Å². The topological polar surface area (TPSA) is 32.3 Å². The molecule has 1 heterocycles. The van der Waals surface area contributed by atoms with E-state index >= 15 is 0 Å². The zero-order valence-electron chi connectivity index (χ0n) is 9.08. The van der Waals surface area contributed by atoms with E-state index in [9.17, 15) is 4.79 Å². The highest BCUT2D eigenvalue weighted by Gasteiger charge is 2.19. The Labute approximate surface area is 120 Å². The van der Waals surface area contributed by atoms with E-state index in [0.717, 1.165) is 30.7 Å². The summed E-state index contributed by atoms with van der Waals surface area (Å²) in [5, 5.41) is 3.71. The minimum absolute atomic E-state index is 0. The molecule has 1 aliphatic heterocycles. The maximum absolute atomic E-state index is 12.1. The van der Waals surface area contributed by atoms with Gasteiger partial charge in [-0.2, -0.15) is 0 Å². The SMILES string of the molecule is Cl.O=C(c1ccc(Br)cc1Cl)N1CCNCC1. The quantitative estimate of drug-likeness (QED) is 0.852. The summed E-state index contributed by atoms with van der Waals surface area (Å²) >= 11 is 9.37. The van der Waals surface area contributed by atoms with Crippen LogP contribution in [0.1, 0.15) is 10.4 Å². The predicted octanol–water partition coefficient (Wildman–Crippen LogP) is 2.57. The van der Waals surface area contributed by atoms with Crippen molar-refractivity contribution in [3.05, 3.63) is 33.3 Å². The Bertz CT molecular complexity index is 408. The van der Waals surface area contributed by atoms with Gasteiger partial charge in [-0.1, -0.05) is 27.5 Å². The van der Waals surface area contributed by atoms with Gasteiger partial charge in [0.25, 0.3) is 5.91 Å². The fourth-order valence-corrected chi connectivity index (χ4v) is 2.46. The van der Waals surface area contributed by atoms with Crippen molar-refractivity contribution in [3.8, 4) is 0 Å². The van der Waals surface area contributed by atoms with Crippen LogP contribution in [0.2, 0.25) is 5.02 Å². The number of hydrogen-bond acceptors (Lipinski definition) is 2. The van der Waals surface area contributed by atoms with Gasteiger partial charge in [-0.3, -0.25) is 4.79 Å². The van der Waals surface area contributed by atoms with Crippen LogP contribution in [-0.2, 0) is 0 Å². The average molecular weight is 340 g/mol. The number of amides is 1. The Morgan fingerprint density at radius 1 is 1.35 bits per heavy atom. The number of hydrogen-bond donors (Lipinski definition) is 1. The minimum atomic E-state index is 0. The molecule has 17 heavy (non-hydrogen) atoms. The number of nitrogens with one attached hydrogen (secondary N) is 1. The Kier molecular flexibility index (Phi) is 5.73. The summed E-state index contributed by atoms with van der Waals surface area (Å²) in [4.78, 5) is 14.0. The van der Waals surface area contributed by atoms with Crippen LogP contribution < -0.4 is 5.32 Å². The molecule has 0 aromatic heterocycles. The van der Waals surface area contributed by atoms with Crippen molar-refractivity contribution in [3.63, 3.8) is 0 Å². The molecule has 94 valence electrons. The fourth-order valence-electron chi connectivity index (χ4n) is 1.70.